The molecule has 1 fully saturated rings. The topological polar surface area (TPSA) is 23.5 Å². The summed E-state index contributed by atoms with van der Waals surface area (Å²) >= 11 is 0. The molecular weight excluding hydrogens is 270 g/mol. The summed E-state index contributed by atoms with van der Waals surface area (Å²) in [7, 11) is 2.23. The van der Waals surface area contributed by atoms with E-state index in [1.165, 1.54) is 18.4 Å². The first-order chi connectivity index (χ1) is 10.5. The normalized spacial score (nSPS) is 18.5. The van der Waals surface area contributed by atoms with E-state index < -0.39 is 0 Å². The smallest absolute Gasteiger partial charge is 0.115 e. The molecule has 0 amide bonds. The molecule has 1 aromatic rings. The van der Waals surface area contributed by atoms with E-state index in [1.807, 2.05) is 12.1 Å². The van der Waals surface area contributed by atoms with Gasteiger partial charge in [0.15, 0.2) is 0 Å². The van der Waals surface area contributed by atoms with Crippen molar-refractivity contribution in [2.24, 2.45) is 11.8 Å². The van der Waals surface area contributed by atoms with Crippen molar-refractivity contribution in [3.8, 4) is 5.75 Å². The minimum absolute atomic E-state index is 0.376. The summed E-state index contributed by atoms with van der Waals surface area (Å²) in [6.45, 7) is 8.95. The van der Waals surface area contributed by atoms with Gasteiger partial charge in [-0.05, 0) is 68.7 Å². The van der Waals surface area contributed by atoms with E-state index in [-0.39, 0.29) is 0 Å². The summed E-state index contributed by atoms with van der Waals surface area (Å²) in [5, 5.41) is 9.72. The Balaban J connectivity index is 1.95. The van der Waals surface area contributed by atoms with Gasteiger partial charge < -0.3 is 10.0 Å². The third-order valence-electron chi connectivity index (χ3n) is 4.95. The first-order valence-electron chi connectivity index (χ1n) is 8.67. The molecule has 122 valence electrons. The maximum Gasteiger partial charge on any atom is 0.115 e. The Bertz CT molecular complexity index is 504. The maximum atomic E-state index is 9.72. The van der Waals surface area contributed by atoms with Crippen LogP contribution in [-0.2, 0) is 0 Å². The molecule has 2 unspecified atom stereocenters. The third-order valence-corrected chi connectivity index (χ3v) is 4.95. The lowest BCUT2D eigenvalue weighted by Crippen LogP contribution is -2.29. The molecule has 2 heteroatoms. The van der Waals surface area contributed by atoms with Gasteiger partial charge in [0.25, 0.3) is 0 Å². The largest absolute Gasteiger partial charge is 0.508 e. The van der Waals surface area contributed by atoms with E-state index in [0.717, 1.165) is 25.4 Å². The first-order valence-corrected chi connectivity index (χ1v) is 8.67. The van der Waals surface area contributed by atoms with Crippen LogP contribution in [0.5, 0.6) is 5.75 Å². The van der Waals surface area contributed by atoms with Crippen molar-refractivity contribution >= 4 is 0 Å². The van der Waals surface area contributed by atoms with Gasteiger partial charge in [-0.3, -0.25) is 0 Å². The molecule has 0 saturated heterocycles. The van der Waals surface area contributed by atoms with E-state index >= 15 is 0 Å². The van der Waals surface area contributed by atoms with Crippen LogP contribution < -0.4 is 0 Å². The van der Waals surface area contributed by atoms with Crippen molar-refractivity contribution in [1.29, 1.82) is 0 Å². The zero-order valence-corrected chi connectivity index (χ0v) is 14.5. The van der Waals surface area contributed by atoms with Crippen LogP contribution in [0.2, 0.25) is 0 Å². The number of likely N-dealkylation sites (N-methyl/N-ethyl adjacent to an activating group) is 1. The van der Waals surface area contributed by atoms with Gasteiger partial charge in [0.2, 0.25) is 0 Å². The van der Waals surface area contributed by atoms with Crippen LogP contribution >= 0.6 is 0 Å². The van der Waals surface area contributed by atoms with Crippen LogP contribution in [0, 0.1) is 11.8 Å². The second-order valence-electron chi connectivity index (χ2n) is 6.92. The molecule has 2 nitrogen and oxygen atoms in total. The fourth-order valence-electron chi connectivity index (χ4n) is 3.63. The van der Waals surface area contributed by atoms with Gasteiger partial charge in [0, 0.05) is 13.1 Å². The van der Waals surface area contributed by atoms with Crippen LogP contribution in [0.15, 0.2) is 35.9 Å². The lowest BCUT2D eigenvalue weighted by molar-refractivity contribution is 0.273. The van der Waals surface area contributed by atoms with Gasteiger partial charge in [-0.1, -0.05) is 37.6 Å². The Morgan fingerprint density at radius 2 is 2.14 bits per heavy atom. The standard InChI is InChI=1S/C20H31NO/c1-5-16(17-10-11-17)14-21(4)13-15(3)20(6-2)18-8-7-9-19(22)12-18/h5,7-9,12,15,17,20,22H,6,10-11,13-14H2,1-4H3. The number of benzene rings is 1. The van der Waals surface area contributed by atoms with Gasteiger partial charge in [-0.15, -0.1) is 0 Å². The van der Waals surface area contributed by atoms with Gasteiger partial charge in [-0.25, -0.2) is 0 Å². The first kappa shape index (κ1) is 17.1. The van der Waals surface area contributed by atoms with E-state index in [4.69, 9.17) is 0 Å². The number of phenols is 1. The molecule has 1 aromatic carbocycles. The van der Waals surface area contributed by atoms with Crippen LogP contribution in [-0.4, -0.2) is 30.1 Å². The molecule has 0 spiro atoms. The molecule has 1 saturated carbocycles. The summed E-state index contributed by atoms with van der Waals surface area (Å²) in [6, 6.07) is 7.77. The average molecular weight is 301 g/mol. The number of aromatic hydroxyl groups is 1. The van der Waals surface area contributed by atoms with Crippen molar-refractivity contribution in [3.63, 3.8) is 0 Å². The van der Waals surface area contributed by atoms with E-state index in [1.54, 1.807) is 11.6 Å². The predicted octanol–water partition coefficient (Wildman–Crippen LogP) is 4.81. The highest BCUT2D eigenvalue weighted by Crippen LogP contribution is 2.37. The fourth-order valence-corrected chi connectivity index (χ4v) is 3.63. The molecule has 2 atom stereocenters. The zero-order chi connectivity index (χ0) is 16.1. The second kappa shape index (κ2) is 7.82. The third kappa shape index (κ3) is 4.61. The van der Waals surface area contributed by atoms with E-state index in [0.29, 0.717) is 17.6 Å². The highest BCUT2D eigenvalue weighted by atomic mass is 16.3. The van der Waals surface area contributed by atoms with Crippen molar-refractivity contribution in [3.05, 3.63) is 41.5 Å². The Hall–Kier alpha value is -1.28. The second-order valence-corrected chi connectivity index (χ2v) is 6.92. The predicted molar refractivity (Wildman–Crippen MR) is 94.3 cm³/mol. The number of allylic oxidation sites excluding steroid dienone is 1. The minimum atomic E-state index is 0.376. The van der Waals surface area contributed by atoms with Gasteiger partial charge in [0.1, 0.15) is 5.75 Å². The zero-order valence-electron chi connectivity index (χ0n) is 14.5. The maximum absolute atomic E-state index is 9.72. The monoisotopic (exact) mass is 301 g/mol. The van der Waals surface area contributed by atoms with Crippen molar-refractivity contribution in [1.82, 2.24) is 4.90 Å². The molecule has 1 aliphatic rings. The molecule has 0 aliphatic heterocycles. The molecule has 0 radical (unpaired) electrons. The number of phenolic OH excluding ortho intramolecular Hbond substituents is 1. The lowest BCUT2D eigenvalue weighted by Gasteiger charge is -2.28. The Kier molecular flexibility index (Phi) is 6.07. The quantitative estimate of drug-likeness (QED) is 0.696. The number of hydrogen-bond donors (Lipinski definition) is 1. The number of nitrogens with zero attached hydrogens (tertiary/aromatic N) is 1. The lowest BCUT2D eigenvalue weighted by atomic mass is 9.84. The molecule has 1 aliphatic carbocycles. The average Bonchev–Trinajstić information content (AvgIpc) is 3.30. The van der Waals surface area contributed by atoms with E-state index in [9.17, 15) is 5.11 Å². The fraction of sp³-hybridized carbons (Fsp3) is 0.600. The molecule has 0 aromatic heterocycles. The van der Waals surface area contributed by atoms with Crippen LogP contribution in [0.3, 0.4) is 0 Å². The number of hydrogen-bond acceptors (Lipinski definition) is 2. The van der Waals surface area contributed by atoms with Crippen molar-refractivity contribution in [2.75, 3.05) is 20.1 Å². The summed E-state index contributed by atoms with van der Waals surface area (Å²) in [5.74, 6) is 2.32. The van der Waals surface area contributed by atoms with Crippen molar-refractivity contribution < 1.29 is 5.11 Å². The Labute approximate surface area is 135 Å². The molecule has 2 rings (SSSR count). The van der Waals surface area contributed by atoms with Gasteiger partial charge in [-0.2, -0.15) is 0 Å². The summed E-state index contributed by atoms with van der Waals surface area (Å²) in [5.41, 5.74) is 2.87. The highest BCUT2D eigenvalue weighted by Gasteiger charge is 2.26. The van der Waals surface area contributed by atoms with Crippen molar-refractivity contribution in [2.45, 2.75) is 46.0 Å². The van der Waals surface area contributed by atoms with Gasteiger partial charge in [0.05, 0.1) is 0 Å². The molecule has 0 bridgehead atoms. The SMILES string of the molecule is CC=C(CN(C)CC(C)C(CC)c1cccc(O)c1)C1CC1. The summed E-state index contributed by atoms with van der Waals surface area (Å²) in [6.07, 6.45) is 6.18. The van der Waals surface area contributed by atoms with Gasteiger partial charge >= 0.3 is 0 Å². The molecular formula is C20H31NO. The van der Waals surface area contributed by atoms with Crippen LogP contribution in [0.25, 0.3) is 0 Å². The van der Waals surface area contributed by atoms with Crippen LogP contribution in [0.4, 0.5) is 0 Å². The molecule has 0 heterocycles. The highest BCUT2D eigenvalue weighted by molar-refractivity contribution is 5.30. The summed E-state index contributed by atoms with van der Waals surface area (Å²) < 4.78 is 0. The minimum Gasteiger partial charge on any atom is -0.508 e. The van der Waals surface area contributed by atoms with Crippen LogP contribution in [0.1, 0.15) is 51.5 Å². The summed E-state index contributed by atoms with van der Waals surface area (Å²) in [4.78, 5) is 2.46. The molecule has 1 N–H and O–H groups in total. The van der Waals surface area contributed by atoms with E-state index in [2.05, 4.69) is 44.9 Å². The number of rotatable bonds is 8. The Morgan fingerprint density at radius 1 is 1.41 bits per heavy atom. The molecule has 22 heavy (non-hydrogen) atoms. The Morgan fingerprint density at radius 3 is 2.68 bits per heavy atom.